The second-order valence-electron chi connectivity index (χ2n) is 4.52. The highest BCUT2D eigenvalue weighted by molar-refractivity contribution is 6.32. The van der Waals surface area contributed by atoms with Crippen molar-refractivity contribution in [3.8, 4) is 0 Å². The molecular weight excluding hydrogens is 257 g/mol. The molecule has 0 aromatic carbocycles. The third kappa shape index (κ3) is 3.81. The Hall–Kier alpha value is -0.350. The molecule has 0 saturated carbocycles. The van der Waals surface area contributed by atoms with Gasteiger partial charge in [0.05, 0.1) is 0 Å². The summed E-state index contributed by atoms with van der Waals surface area (Å²) in [5.74, 6) is 0. The quantitative estimate of drug-likeness (QED) is 0.772. The molecule has 1 aromatic rings. The maximum Gasteiger partial charge on any atom is 0.135 e. The van der Waals surface area contributed by atoms with Gasteiger partial charge in [-0.1, -0.05) is 29.3 Å². The van der Waals surface area contributed by atoms with E-state index in [1.165, 1.54) is 13.0 Å². The van der Waals surface area contributed by atoms with E-state index >= 15 is 0 Å². The Morgan fingerprint density at radius 1 is 1.18 bits per heavy atom. The van der Waals surface area contributed by atoms with Crippen molar-refractivity contribution in [2.24, 2.45) is 0 Å². The third-order valence-electron chi connectivity index (χ3n) is 3.10. The molecule has 0 bridgehead atoms. The number of halogens is 2. The van der Waals surface area contributed by atoms with Crippen LogP contribution in [-0.4, -0.2) is 48.0 Å². The van der Waals surface area contributed by atoms with Crippen LogP contribution in [0.3, 0.4) is 0 Å². The van der Waals surface area contributed by atoms with Crippen LogP contribution in [0.15, 0.2) is 12.1 Å². The van der Waals surface area contributed by atoms with Gasteiger partial charge in [0.15, 0.2) is 0 Å². The van der Waals surface area contributed by atoms with Crippen LogP contribution in [-0.2, 0) is 6.54 Å². The van der Waals surface area contributed by atoms with Gasteiger partial charge in [0, 0.05) is 25.2 Å². The lowest BCUT2D eigenvalue weighted by atomic mass is 10.2. The van der Waals surface area contributed by atoms with Crippen molar-refractivity contribution in [1.29, 1.82) is 0 Å². The largest absolute Gasteiger partial charge is 0.305 e. The van der Waals surface area contributed by atoms with E-state index in [0.717, 1.165) is 31.7 Å². The van der Waals surface area contributed by atoms with Crippen LogP contribution in [0, 0.1) is 0 Å². The summed E-state index contributed by atoms with van der Waals surface area (Å²) in [6.45, 7) is 5.33. The summed E-state index contributed by atoms with van der Waals surface area (Å²) in [5, 5.41) is 0.976. The van der Waals surface area contributed by atoms with Gasteiger partial charge in [-0.05, 0) is 32.6 Å². The smallest absolute Gasteiger partial charge is 0.135 e. The second-order valence-corrected chi connectivity index (χ2v) is 5.26. The summed E-state index contributed by atoms with van der Waals surface area (Å²) >= 11 is 11.9. The highest BCUT2D eigenvalue weighted by Gasteiger charge is 2.13. The number of nitrogens with zero attached hydrogens (tertiary/aromatic N) is 3. The van der Waals surface area contributed by atoms with E-state index in [1.807, 2.05) is 6.07 Å². The molecule has 1 aliphatic rings. The summed E-state index contributed by atoms with van der Waals surface area (Å²) in [6, 6.07) is 3.76. The Kier molecular flexibility index (Phi) is 4.62. The first kappa shape index (κ1) is 13.1. The SMILES string of the molecule is CN1CCCN(Cc2ccc(Cl)nc2Cl)CC1. The Labute approximate surface area is 112 Å². The van der Waals surface area contributed by atoms with Gasteiger partial charge in [-0.3, -0.25) is 4.90 Å². The van der Waals surface area contributed by atoms with Crippen molar-refractivity contribution in [2.45, 2.75) is 13.0 Å². The van der Waals surface area contributed by atoms with Crippen LogP contribution in [0.5, 0.6) is 0 Å². The molecule has 1 aliphatic heterocycles. The molecule has 0 amide bonds. The number of pyridine rings is 1. The van der Waals surface area contributed by atoms with E-state index in [-0.39, 0.29) is 0 Å². The molecule has 0 aliphatic carbocycles. The minimum atomic E-state index is 0.453. The molecule has 2 rings (SSSR count). The second kappa shape index (κ2) is 6.01. The van der Waals surface area contributed by atoms with Crippen molar-refractivity contribution in [3.63, 3.8) is 0 Å². The Bertz CT molecular complexity index is 384. The molecule has 0 atom stereocenters. The highest BCUT2D eigenvalue weighted by Crippen LogP contribution is 2.18. The van der Waals surface area contributed by atoms with Gasteiger partial charge in [0.1, 0.15) is 10.3 Å². The average Bonchev–Trinajstić information content (AvgIpc) is 2.48. The van der Waals surface area contributed by atoms with Gasteiger partial charge < -0.3 is 4.90 Å². The van der Waals surface area contributed by atoms with Gasteiger partial charge >= 0.3 is 0 Å². The lowest BCUT2D eigenvalue weighted by Gasteiger charge is -2.20. The molecule has 5 heteroatoms. The first-order chi connectivity index (χ1) is 8.15. The number of hydrogen-bond acceptors (Lipinski definition) is 3. The van der Waals surface area contributed by atoms with E-state index in [1.54, 1.807) is 6.07 Å². The van der Waals surface area contributed by atoms with Gasteiger partial charge in [-0.25, -0.2) is 4.98 Å². The molecule has 3 nitrogen and oxygen atoms in total. The molecule has 1 saturated heterocycles. The number of aromatic nitrogens is 1. The van der Waals surface area contributed by atoms with Gasteiger partial charge in [0.2, 0.25) is 0 Å². The fourth-order valence-corrected chi connectivity index (χ4v) is 2.46. The Balaban J connectivity index is 2.00. The molecule has 2 heterocycles. The van der Waals surface area contributed by atoms with Crippen LogP contribution in [0.2, 0.25) is 10.3 Å². The van der Waals surface area contributed by atoms with Crippen LogP contribution in [0.4, 0.5) is 0 Å². The minimum absolute atomic E-state index is 0.453. The van der Waals surface area contributed by atoms with Gasteiger partial charge in [-0.15, -0.1) is 0 Å². The van der Waals surface area contributed by atoms with Gasteiger partial charge in [-0.2, -0.15) is 0 Å². The molecule has 17 heavy (non-hydrogen) atoms. The molecule has 0 spiro atoms. The van der Waals surface area contributed by atoms with Crippen LogP contribution >= 0.6 is 23.2 Å². The van der Waals surface area contributed by atoms with E-state index in [4.69, 9.17) is 23.2 Å². The highest BCUT2D eigenvalue weighted by atomic mass is 35.5. The van der Waals surface area contributed by atoms with Crippen molar-refractivity contribution >= 4 is 23.2 Å². The van der Waals surface area contributed by atoms with Crippen LogP contribution in [0.1, 0.15) is 12.0 Å². The zero-order valence-electron chi connectivity index (χ0n) is 9.99. The van der Waals surface area contributed by atoms with E-state index in [2.05, 4.69) is 21.8 Å². The molecule has 0 unspecified atom stereocenters. The maximum absolute atomic E-state index is 6.09. The van der Waals surface area contributed by atoms with E-state index in [9.17, 15) is 0 Å². The van der Waals surface area contributed by atoms with Crippen molar-refractivity contribution in [2.75, 3.05) is 33.2 Å². The van der Waals surface area contributed by atoms with Crippen molar-refractivity contribution in [3.05, 3.63) is 28.0 Å². The molecular formula is C12H17Cl2N3. The Morgan fingerprint density at radius 2 is 2.00 bits per heavy atom. The van der Waals surface area contributed by atoms with E-state index in [0.29, 0.717) is 10.3 Å². The summed E-state index contributed by atoms with van der Waals surface area (Å²) in [6.07, 6.45) is 1.20. The standard InChI is InChI=1S/C12H17Cl2N3/c1-16-5-2-6-17(8-7-16)9-10-3-4-11(13)15-12(10)14/h3-4H,2,5-9H2,1H3. The van der Waals surface area contributed by atoms with Crippen LogP contribution < -0.4 is 0 Å². The third-order valence-corrected chi connectivity index (χ3v) is 3.64. The normalized spacial score (nSPS) is 19.2. The Morgan fingerprint density at radius 3 is 2.76 bits per heavy atom. The first-order valence-corrected chi connectivity index (χ1v) is 6.62. The summed E-state index contributed by atoms with van der Waals surface area (Å²) in [4.78, 5) is 8.85. The number of rotatable bonds is 2. The fraction of sp³-hybridized carbons (Fsp3) is 0.583. The van der Waals surface area contributed by atoms with Gasteiger partial charge in [0.25, 0.3) is 0 Å². The number of hydrogen-bond donors (Lipinski definition) is 0. The fourth-order valence-electron chi connectivity index (χ4n) is 2.06. The maximum atomic E-state index is 6.09. The van der Waals surface area contributed by atoms with E-state index < -0.39 is 0 Å². The molecule has 1 aromatic heterocycles. The molecule has 0 radical (unpaired) electrons. The molecule has 0 N–H and O–H groups in total. The summed E-state index contributed by atoms with van der Waals surface area (Å²) in [5.41, 5.74) is 1.06. The van der Waals surface area contributed by atoms with Crippen LogP contribution in [0.25, 0.3) is 0 Å². The zero-order valence-corrected chi connectivity index (χ0v) is 11.5. The lowest BCUT2D eigenvalue weighted by molar-refractivity contribution is 0.269. The average molecular weight is 274 g/mol. The molecule has 94 valence electrons. The topological polar surface area (TPSA) is 19.4 Å². The van der Waals surface area contributed by atoms with Crippen molar-refractivity contribution < 1.29 is 0 Å². The predicted molar refractivity (Wildman–Crippen MR) is 71.6 cm³/mol. The van der Waals surface area contributed by atoms with Crippen molar-refractivity contribution in [1.82, 2.24) is 14.8 Å². The number of likely N-dealkylation sites (N-methyl/N-ethyl adjacent to an activating group) is 1. The summed E-state index contributed by atoms with van der Waals surface area (Å²) < 4.78 is 0. The lowest BCUT2D eigenvalue weighted by Crippen LogP contribution is -2.28. The molecule has 1 fully saturated rings. The predicted octanol–water partition coefficient (Wildman–Crippen LogP) is 2.53. The zero-order chi connectivity index (χ0) is 12.3. The monoisotopic (exact) mass is 273 g/mol. The summed E-state index contributed by atoms with van der Waals surface area (Å²) in [7, 11) is 2.17. The minimum Gasteiger partial charge on any atom is -0.305 e. The first-order valence-electron chi connectivity index (χ1n) is 5.87.